The Kier molecular flexibility index (Phi) is 6.57. The Bertz CT molecular complexity index is 1240. The molecular formula is C26H27BrN2O4S. The highest BCUT2D eigenvalue weighted by Gasteiger charge is 2.54. The number of fused-ring (bicyclic) bond motifs is 1. The molecule has 1 amide bonds. The Balaban J connectivity index is 1.88. The quantitative estimate of drug-likeness (QED) is 0.394. The van der Waals surface area contributed by atoms with Crippen LogP contribution in [0, 0.1) is 0 Å². The number of hydrogen-bond acceptors (Lipinski definition) is 6. The molecule has 178 valence electrons. The second-order valence-corrected chi connectivity index (χ2v) is 11.1. The second kappa shape index (κ2) is 9.15. The van der Waals surface area contributed by atoms with Crippen molar-refractivity contribution in [2.45, 2.75) is 44.6 Å². The van der Waals surface area contributed by atoms with E-state index in [1.165, 1.54) is 18.4 Å². The number of halogens is 1. The van der Waals surface area contributed by atoms with Crippen molar-refractivity contribution in [1.29, 1.82) is 0 Å². The van der Waals surface area contributed by atoms with E-state index >= 15 is 0 Å². The van der Waals surface area contributed by atoms with Gasteiger partial charge < -0.3 is 9.47 Å². The summed E-state index contributed by atoms with van der Waals surface area (Å²) < 4.78 is 11.8. The number of thiazole rings is 1. The minimum atomic E-state index is -1.25. The van der Waals surface area contributed by atoms with Crippen LogP contribution < -0.4 is 9.64 Å². The summed E-state index contributed by atoms with van der Waals surface area (Å²) in [4.78, 5) is 33.5. The van der Waals surface area contributed by atoms with Crippen LogP contribution in [0.1, 0.15) is 48.0 Å². The van der Waals surface area contributed by atoms with E-state index in [-0.39, 0.29) is 17.7 Å². The van der Waals surface area contributed by atoms with Gasteiger partial charge in [-0.15, -0.1) is 11.3 Å². The summed E-state index contributed by atoms with van der Waals surface area (Å²) in [6.45, 7) is 6.28. The van der Waals surface area contributed by atoms with E-state index in [2.05, 4.69) is 41.7 Å². The summed E-state index contributed by atoms with van der Waals surface area (Å²) >= 11 is 4.97. The van der Waals surface area contributed by atoms with Gasteiger partial charge in [-0.1, -0.05) is 42.8 Å². The van der Waals surface area contributed by atoms with Crippen molar-refractivity contribution in [3.63, 3.8) is 0 Å². The van der Waals surface area contributed by atoms with Crippen LogP contribution in [0.2, 0.25) is 0 Å². The zero-order valence-electron chi connectivity index (χ0n) is 19.8. The molecule has 0 aliphatic carbocycles. The fourth-order valence-corrected chi connectivity index (χ4v) is 5.57. The molecule has 1 aliphatic rings. The lowest BCUT2D eigenvalue weighted by atomic mass is 9.85. The second-order valence-electron chi connectivity index (χ2n) is 9.44. The molecule has 8 heteroatoms. The van der Waals surface area contributed by atoms with Crippen LogP contribution in [0.3, 0.4) is 0 Å². The zero-order chi connectivity index (χ0) is 24.7. The number of benzene rings is 2. The smallest absolute Gasteiger partial charge is 0.332 e. The Morgan fingerprint density at radius 3 is 2.56 bits per heavy atom. The Morgan fingerprint density at radius 2 is 1.94 bits per heavy atom. The lowest BCUT2D eigenvalue weighted by Crippen LogP contribution is -2.58. The number of carbonyl (C=O) groups is 2. The molecule has 1 aromatic heterocycles. The minimum absolute atomic E-state index is 0.153. The third kappa shape index (κ3) is 4.25. The normalized spacial score (nSPS) is 17.4. The molecule has 1 atom stereocenters. The summed E-state index contributed by atoms with van der Waals surface area (Å²) in [6.07, 6.45) is 0.577. The number of nitrogens with zero attached hydrogens (tertiary/aromatic N) is 2. The van der Waals surface area contributed by atoms with Gasteiger partial charge in [0.1, 0.15) is 5.75 Å². The van der Waals surface area contributed by atoms with Crippen LogP contribution in [0.5, 0.6) is 5.75 Å². The van der Waals surface area contributed by atoms with Crippen LogP contribution in [0.4, 0.5) is 5.69 Å². The molecule has 6 nitrogen and oxygen atoms in total. The van der Waals surface area contributed by atoms with Gasteiger partial charge in [-0.05, 0) is 46.9 Å². The van der Waals surface area contributed by atoms with Gasteiger partial charge in [0.05, 0.1) is 25.4 Å². The lowest BCUT2D eigenvalue weighted by Gasteiger charge is -2.36. The van der Waals surface area contributed by atoms with Crippen molar-refractivity contribution in [2.24, 2.45) is 0 Å². The Labute approximate surface area is 212 Å². The molecule has 2 heterocycles. The monoisotopic (exact) mass is 542 g/mol. The van der Waals surface area contributed by atoms with Crippen LogP contribution in [-0.4, -0.2) is 36.6 Å². The van der Waals surface area contributed by atoms with Gasteiger partial charge in [0.2, 0.25) is 0 Å². The van der Waals surface area contributed by atoms with Crippen LogP contribution in [0.25, 0.3) is 0 Å². The van der Waals surface area contributed by atoms with Crippen LogP contribution >= 0.6 is 27.3 Å². The number of amides is 1. The highest BCUT2D eigenvalue weighted by Crippen LogP contribution is 2.44. The van der Waals surface area contributed by atoms with Crippen molar-refractivity contribution in [2.75, 3.05) is 19.1 Å². The van der Waals surface area contributed by atoms with Gasteiger partial charge in [0.15, 0.2) is 5.54 Å². The number of ether oxygens (including phenoxy) is 2. The summed E-state index contributed by atoms with van der Waals surface area (Å²) in [5, 5.41) is 1.90. The first-order valence-electron chi connectivity index (χ1n) is 10.9. The fraction of sp³-hybridized carbons (Fsp3) is 0.346. The van der Waals surface area contributed by atoms with Crippen molar-refractivity contribution in [3.05, 3.63) is 74.1 Å². The largest absolute Gasteiger partial charge is 0.496 e. The van der Waals surface area contributed by atoms with Gasteiger partial charge in [-0.2, -0.15) is 0 Å². The van der Waals surface area contributed by atoms with E-state index < -0.39 is 11.5 Å². The first-order chi connectivity index (χ1) is 16.1. The average molecular weight is 543 g/mol. The molecule has 0 saturated carbocycles. The molecule has 3 aromatic rings. The standard InChI is InChI=1S/C26H27BrN2O4S/c1-25(2,3)20-8-6-16(11-22(20)32-4)23(30)29-21-9-7-18(27)10-17(21)12-26(29,24(31)33-5)13-19-14-34-15-28-19/h6-11,14-15H,12-13H2,1-5H3. The summed E-state index contributed by atoms with van der Waals surface area (Å²) in [5.74, 6) is -0.128. The predicted molar refractivity (Wildman–Crippen MR) is 137 cm³/mol. The maximum atomic E-state index is 14.1. The van der Waals surface area contributed by atoms with Gasteiger partial charge in [0, 0.05) is 33.9 Å². The van der Waals surface area contributed by atoms with Gasteiger partial charge >= 0.3 is 5.97 Å². The van der Waals surface area contributed by atoms with Crippen molar-refractivity contribution in [1.82, 2.24) is 4.98 Å². The topological polar surface area (TPSA) is 68.7 Å². The number of anilines is 1. The number of aromatic nitrogens is 1. The maximum Gasteiger partial charge on any atom is 0.332 e. The van der Waals surface area contributed by atoms with Gasteiger partial charge in [-0.3, -0.25) is 9.69 Å². The fourth-order valence-electron chi connectivity index (χ4n) is 4.61. The third-order valence-corrected chi connectivity index (χ3v) is 7.30. The molecule has 1 unspecified atom stereocenters. The van der Waals surface area contributed by atoms with E-state index in [0.29, 0.717) is 23.4 Å². The van der Waals surface area contributed by atoms with E-state index in [0.717, 1.165) is 21.3 Å². The molecule has 1 aliphatic heterocycles. The maximum absolute atomic E-state index is 14.1. The van der Waals surface area contributed by atoms with Gasteiger partial charge in [0.25, 0.3) is 5.91 Å². The molecular weight excluding hydrogens is 516 g/mol. The number of rotatable bonds is 5. The average Bonchev–Trinajstić information content (AvgIpc) is 3.42. The molecule has 0 bridgehead atoms. The number of esters is 1. The summed E-state index contributed by atoms with van der Waals surface area (Å²) in [6, 6.07) is 11.2. The lowest BCUT2D eigenvalue weighted by molar-refractivity contribution is -0.146. The molecule has 0 radical (unpaired) electrons. The molecule has 0 spiro atoms. The third-order valence-electron chi connectivity index (χ3n) is 6.18. The molecule has 0 saturated heterocycles. The zero-order valence-corrected chi connectivity index (χ0v) is 22.2. The Morgan fingerprint density at radius 1 is 1.18 bits per heavy atom. The van der Waals surface area contributed by atoms with Crippen molar-refractivity contribution >= 4 is 44.8 Å². The van der Waals surface area contributed by atoms with Gasteiger partial charge in [-0.25, -0.2) is 9.78 Å². The first-order valence-corrected chi connectivity index (χ1v) is 12.6. The number of carbonyl (C=O) groups excluding carboxylic acids is 2. The van der Waals surface area contributed by atoms with E-state index in [1.54, 1.807) is 29.7 Å². The predicted octanol–water partition coefficient (Wildman–Crippen LogP) is 5.57. The van der Waals surface area contributed by atoms with Crippen LogP contribution in [-0.2, 0) is 27.8 Å². The highest BCUT2D eigenvalue weighted by molar-refractivity contribution is 9.10. The summed E-state index contributed by atoms with van der Waals surface area (Å²) in [5.41, 5.74) is 4.07. The number of hydrogen-bond donors (Lipinski definition) is 0. The van der Waals surface area contributed by atoms with Crippen LogP contribution in [0.15, 0.2) is 51.8 Å². The first kappa shape index (κ1) is 24.4. The highest BCUT2D eigenvalue weighted by atomic mass is 79.9. The SMILES string of the molecule is COC(=O)C1(Cc2cscn2)Cc2cc(Br)ccc2N1C(=O)c1ccc(C(C)(C)C)c(OC)c1. The van der Waals surface area contributed by atoms with E-state index in [9.17, 15) is 9.59 Å². The molecule has 34 heavy (non-hydrogen) atoms. The molecule has 0 N–H and O–H groups in total. The molecule has 0 fully saturated rings. The molecule has 4 rings (SSSR count). The van der Waals surface area contributed by atoms with Crippen molar-refractivity contribution < 1.29 is 19.1 Å². The summed E-state index contributed by atoms with van der Waals surface area (Å²) in [7, 11) is 2.95. The molecule has 2 aromatic carbocycles. The minimum Gasteiger partial charge on any atom is -0.496 e. The number of methoxy groups -OCH3 is 2. The van der Waals surface area contributed by atoms with Crippen molar-refractivity contribution in [3.8, 4) is 5.75 Å². The van der Waals surface area contributed by atoms with E-state index in [1.807, 2.05) is 29.6 Å². The van der Waals surface area contributed by atoms with E-state index in [4.69, 9.17) is 9.47 Å². The Hall–Kier alpha value is -2.71.